The highest BCUT2D eigenvalue weighted by Gasteiger charge is 2.39. The van der Waals surface area contributed by atoms with Gasteiger partial charge in [-0.2, -0.15) is 0 Å². The zero-order chi connectivity index (χ0) is 38.5. The summed E-state index contributed by atoms with van der Waals surface area (Å²) in [5, 5.41) is 11.6. The highest BCUT2D eigenvalue weighted by molar-refractivity contribution is 6.31. The average molecular weight is 743 g/mol. The van der Waals surface area contributed by atoms with E-state index in [9.17, 15) is 14.7 Å². The van der Waals surface area contributed by atoms with Crippen molar-refractivity contribution in [1.29, 1.82) is 0 Å². The third-order valence-electron chi connectivity index (χ3n) is 11.7. The number of hydrogen-bond acceptors (Lipinski definition) is 6. The van der Waals surface area contributed by atoms with Crippen molar-refractivity contribution in [2.24, 2.45) is 10.8 Å². The molecular weight excluding hydrogens is 684 g/mol. The second-order valence-corrected chi connectivity index (χ2v) is 18.6. The second kappa shape index (κ2) is 15.0. The molecule has 9 heteroatoms. The van der Waals surface area contributed by atoms with Crippen LogP contribution >= 0.6 is 11.6 Å². The Hall–Kier alpha value is -3.46. The predicted octanol–water partition coefficient (Wildman–Crippen LogP) is 9.41. The summed E-state index contributed by atoms with van der Waals surface area (Å²) in [7, 11) is 0. The molecule has 0 aliphatic carbocycles. The summed E-state index contributed by atoms with van der Waals surface area (Å²) >= 11 is 6.63. The fraction of sp³-hybridized carbons (Fsp3) is 0.568. The number of anilines is 1. The number of likely N-dealkylation sites (tertiary alicyclic amines) is 1. The van der Waals surface area contributed by atoms with Gasteiger partial charge in [0, 0.05) is 67.7 Å². The van der Waals surface area contributed by atoms with Crippen LogP contribution in [0.1, 0.15) is 124 Å². The van der Waals surface area contributed by atoms with Gasteiger partial charge in [-0.15, -0.1) is 0 Å². The van der Waals surface area contributed by atoms with E-state index in [0.29, 0.717) is 30.0 Å². The number of nitrogens with zero attached hydrogens (tertiary/aromatic N) is 4. The topological polar surface area (TPSA) is 86.2 Å². The van der Waals surface area contributed by atoms with Crippen molar-refractivity contribution >= 4 is 29.2 Å². The maximum Gasteiger partial charge on any atom is 0.337 e. The minimum Gasteiger partial charge on any atom is -0.479 e. The molecule has 1 aromatic heterocycles. The number of halogens is 1. The summed E-state index contributed by atoms with van der Waals surface area (Å²) in [5.41, 5.74) is 8.30. The number of piperidine rings is 2. The molecule has 0 radical (unpaired) electrons. The molecule has 8 nitrogen and oxygen atoms in total. The van der Waals surface area contributed by atoms with Crippen molar-refractivity contribution < 1.29 is 19.4 Å². The first-order valence-corrected chi connectivity index (χ1v) is 19.8. The van der Waals surface area contributed by atoms with Crippen LogP contribution in [0.4, 0.5) is 5.69 Å². The van der Waals surface area contributed by atoms with Crippen LogP contribution in [-0.4, -0.2) is 70.1 Å². The molecule has 1 atom stereocenters. The Labute approximate surface area is 321 Å². The van der Waals surface area contributed by atoms with E-state index >= 15 is 0 Å². The zero-order valence-electron chi connectivity index (χ0n) is 33.4. The molecule has 0 spiro atoms. The monoisotopic (exact) mass is 742 g/mol. The predicted molar refractivity (Wildman–Crippen MR) is 214 cm³/mol. The Morgan fingerprint density at radius 1 is 0.925 bits per heavy atom. The number of aromatic nitrogens is 1. The van der Waals surface area contributed by atoms with Crippen molar-refractivity contribution in [3.05, 3.63) is 80.6 Å². The average Bonchev–Trinajstić information content (AvgIpc) is 3.07. The number of aliphatic carboxylic acids is 1. The number of amides is 1. The summed E-state index contributed by atoms with van der Waals surface area (Å²) in [6.07, 6.45) is 3.32. The van der Waals surface area contributed by atoms with Gasteiger partial charge in [0.1, 0.15) is 5.69 Å². The molecule has 0 unspecified atom stereocenters. The van der Waals surface area contributed by atoms with Crippen LogP contribution in [0.2, 0.25) is 5.02 Å². The van der Waals surface area contributed by atoms with Crippen molar-refractivity contribution in [2.45, 2.75) is 119 Å². The van der Waals surface area contributed by atoms with E-state index in [-0.39, 0.29) is 16.7 Å². The molecule has 3 aliphatic heterocycles. The van der Waals surface area contributed by atoms with Gasteiger partial charge in [0.25, 0.3) is 5.91 Å². The van der Waals surface area contributed by atoms with E-state index in [2.05, 4.69) is 68.7 Å². The van der Waals surface area contributed by atoms with Gasteiger partial charge in [-0.3, -0.25) is 9.69 Å². The third-order valence-corrected chi connectivity index (χ3v) is 12.1. The number of pyridine rings is 1. The number of rotatable bonds is 8. The van der Waals surface area contributed by atoms with Crippen molar-refractivity contribution in [3.8, 4) is 11.1 Å². The van der Waals surface area contributed by atoms with Crippen LogP contribution in [0.15, 0.2) is 36.4 Å². The highest BCUT2D eigenvalue weighted by Crippen LogP contribution is 2.46. The summed E-state index contributed by atoms with van der Waals surface area (Å²) < 4.78 is 6.36. The van der Waals surface area contributed by atoms with E-state index in [0.717, 1.165) is 92.2 Å². The molecule has 2 saturated heterocycles. The fourth-order valence-corrected chi connectivity index (χ4v) is 8.43. The first kappa shape index (κ1) is 39.2. The quantitative estimate of drug-likeness (QED) is 0.246. The summed E-state index contributed by atoms with van der Waals surface area (Å²) in [4.78, 5) is 39.7. The van der Waals surface area contributed by atoms with Gasteiger partial charge in [0.15, 0.2) is 6.10 Å². The molecule has 4 heterocycles. The number of carboxylic acids is 1. The summed E-state index contributed by atoms with van der Waals surface area (Å²) in [5.74, 6) is -1.16. The third kappa shape index (κ3) is 8.76. The lowest BCUT2D eigenvalue weighted by atomic mass is 9.81. The highest BCUT2D eigenvalue weighted by atomic mass is 35.5. The van der Waals surface area contributed by atoms with Crippen molar-refractivity contribution in [3.63, 3.8) is 0 Å². The van der Waals surface area contributed by atoms with E-state index < -0.39 is 17.7 Å². The molecule has 3 aliphatic rings. The van der Waals surface area contributed by atoms with E-state index in [4.69, 9.17) is 21.3 Å². The molecule has 53 heavy (non-hydrogen) atoms. The molecule has 6 rings (SSSR count). The molecule has 1 amide bonds. The maximum atomic E-state index is 14.8. The van der Waals surface area contributed by atoms with Crippen LogP contribution in [0.5, 0.6) is 0 Å². The number of ether oxygens (including phenoxy) is 1. The van der Waals surface area contributed by atoms with E-state index in [1.54, 1.807) is 0 Å². The molecule has 3 aromatic rings. The molecule has 2 aromatic carbocycles. The van der Waals surface area contributed by atoms with Crippen LogP contribution in [-0.2, 0) is 29.0 Å². The Balaban J connectivity index is 1.51. The maximum absolute atomic E-state index is 14.8. The van der Waals surface area contributed by atoms with Gasteiger partial charge in [0.2, 0.25) is 0 Å². The first-order valence-electron chi connectivity index (χ1n) is 19.4. The Morgan fingerprint density at radius 2 is 1.57 bits per heavy atom. The van der Waals surface area contributed by atoms with Gasteiger partial charge in [-0.1, -0.05) is 69.6 Å². The summed E-state index contributed by atoms with van der Waals surface area (Å²) in [6.45, 7) is 24.0. The minimum absolute atomic E-state index is 0.0913. The Kier molecular flexibility index (Phi) is 11.1. The molecule has 1 N–H and O–H groups in total. The lowest BCUT2D eigenvalue weighted by molar-refractivity contribution is -0.160. The van der Waals surface area contributed by atoms with E-state index in [1.165, 1.54) is 16.7 Å². The molecule has 286 valence electrons. The van der Waals surface area contributed by atoms with Crippen LogP contribution in [0, 0.1) is 24.7 Å². The number of carbonyl (C=O) groups excluding carboxylic acids is 1. The Morgan fingerprint density at radius 3 is 2.17 bits per heavy atom. The minimum atomic E-state index is -1.26. The SMILES string of the molecule is Cc1cccc(Cl)c1CN1CCc2cc(-c3c(C(=O)N4CCC(C)(C)CC4)nc(C)c([C@H](OC(C)(C)C)C(=O)O)c3N3CCC(C)(C)CC3)ccc2C1. The number of hydrogen-bond donors (Lipinski definition) is 1. The lowest BCUT2D eigenvalue weighted by Gasteiger charge is -2.42. The van der Waals surface area contributed by atoms with Crippen LogP contribution in [0.3, 0.4) is 0 Å². The normalized spacial score (nSPS) is 19.5. The number of carbonyl (C=O) groups is 2. The van der Waals surface area contributed by atoms with Gasteiger partial charge < -0.3 is 19.6 Å². The van der Waals surface area contributed by atoms with Gasteiger partial charge in [-0.05, 0) is 111 Å². The zero-order valence-corrected chi connectivity index (χ0v) is 34.1. The second-order valence-electron chi connectivity index (χ2n) is 18.2. The summed E-state index contributed by atoms with van der Waals surface area (Å²) in [6, 6.07) is 12.6. The number of carboxylic acid groups (broad SMARTS) is 1. The van der Waals surface area contributed by atoms with Crippen LogP contribution in [0.25, 0.3) is 11.1 Å². The van der Waals surface area contributed by atoms with Crippen molar-refractivity contribution in [2.75, 3.05) is 37.6 Å². The van der Waals surface area contributed by atoms with Crippen LogP contribution < -0.4 is 4.90 Å². The van der Waals surface area contributed by atoms with E-state index in [1.807, 2.05) is 44.7 Å². The molecule has 0 saturated carbocycles. The number of aryl methyl sites for hydroxylation is 2. The number of fused-ring (bicyclic) bond motifs is 1. The molecular formula is C44H59ClN4O4. The molecule has 2 fully saturated rings. The fourth-order valence-electron chi connectivity index (χ4n) is 8.15. The van der Waals surface area contributed by atoms with Gasteiger partial charge in [-0.25, -0.2) is 9.78 Å². The van der Waals surface area contributed by atoms with Gasteiger partial charge in [0.05, 0.1) is 11.3 Å². The smallest absolute Gasteiger partial charge is 0.337 e. The number of benzene rings is 2. The lowest BCUT2D eigenvalue weighted by Crippen LogP contribution is -2.42. The first-order chi connectivity index (χ1) is 24.8. The van der Waals surface area contributed by atoms with Crippen molar-refractivity contribution in [1.82, 2.24) is 14.8 Å². The Bertz CT molecular complexity index is 1840. The molecule has 0 bridgehead atoms. The largest absolute Gasteiger partial charge is 0.479 e. The standard InChI is InChI=1S/C44H59ClN4O4/c1-28-11-10-12-34(45)33(28)27-47-20-15-30-25-31(13-14-32(30)26-47)36-37(40(50)49-23-18-44(8,9)19-24-49)46-29(2)35(39(41(51)52)53-42(3,4)5)38(36)48-21-16-43(6,7)17-22-48/h10-14,25,39H,15-24,26-27H2,1-9H3,(H,51,52)/t39-/m0/s1. The van der Waals surface area contributed by atoms with Gasteiger partial charge >= 0.3 is 5.97 Å².